The van der Waals surface area contributed by atoms with Gasteiger partial charge in [0.1, 0.15) is 24.1 Å². The van der Waals surface area contributed by atoms with Crippen molar-refractivity contribution in [2.45, 2.75) is 24.4 Å². The van der Waals surface area contributed by atoms with Crippen LogP contribution in [0.2, 0.25) is 0 Å². The van der Waals surface area contributed by atoms with Crippen molar-refractivity contribution in [2.75, 3.05) is 25.6 Å². The van der Waals surface area contributed by atoms with Gasteiger partial charge in [0.15, 0.2) is 0 Å². The molecule has 0 unspecified atom stereocenters. The van der Waals surface area contributed by atoms with Crippen LogP contribution in [-0.2, 0) is 9.47 Å². The average molecular weight is 294 g/mol. The molecule has 0 bridgehead atoms. The van der Waals surface area contributed by atoms with Crippen LogP contribution in [0.4, 0.5) is 10.5 Å². The Balaban J connectivity index is 1.54. The standard InChI is InChI=1S/C14H18N2O5/c1-19-9-4-2-8(3-5-9)15-14(18)16-10-6-20-13-11(17)7-21-12(10)13/h2-5,10-13,17H,6-7H2,1H3,(H2,15,16,18)/t10-,11-,12-,13+/m1/s1. The topological polar surface area (TPSA) is 89.1 Å². The summed E-state index contributed by atoms with van der Waals surface area (Å²) in [4.78, 5) is 12.0. The van der Waals surface area contributed by atoms with Crippen molar-refractivity contribution >= 4 is 11.7 Å². The predicted octanol–water partition coefficient (Wildman–Crippen LogP) is 0.344. The van der Waals surface area contributed by atoms with Crippen molar-refractivity contribution in [3.05, 3.63) is 24.3 Å². The molecule has 0 radical (unpaired) electrons. The van der Waals surface area contributed by atoms with E-state index in [1.165, 1.54) is 0 Å². The van der Waals surface area contributed by atoms with Gasteiger partial charge in [-0.05, 0) is 24.3 Å². The third-order valence-corrected chi connectivity index (χ3v) is 3.69. The maximum atomic E-state index is 12.0. The number of aliphatic hydroxyl groups excluding tert-OH is 1. The highest BCUT2D eigenvalue weighted by Gasteiger charge is 2.47. The molecule has 0 aliphatic carbocycles. The monoisotopic (exact) mass is 294 g/mol. The summed E-state index contributed by atoms with van der Waals surface area (Å²) in [6.45, 7) is 0.579. The summed E-state index contributed by atoms with van der Waals surface area (Å²) in [5.41, 5.74) is 0.663. The van der Waals surface area contributed by atoms with Gasteiger partial charge in [-0.1, -0.05) is 0 Å². The first-order valence-corrected chi connectivity index (χ1v) is 6.80. The Hall–Kier alpha value is -1.83. The zero-order chi connectivity index (χ0) is 14.8. The maximum absolute atomic E-state index is 12.0. The number of carbonyl (C=O) groups is 1. The maximum Gasteiger partial charge on any atom is 0.319 e. The number of urea groups is 1. The van der Waals surface area contributed by atoms with Crippen molar-refractivity contribution in [1.82, 2.24) is 5.32 Å². The smallest absolute Gasteiger partial charge is 0.319 e. The zero-order valence-corrected chi connectivity index (χ0v) is 11.6. The van der Waals surface area contributed by atoms with Crippen LogP contribution in [0.5, 0.6) is 5.75 Å². The predicted molar refractivity (Wildman–Crippen MR) is 74.4 cm³/mol. The van der Waals surface area contributed by atoms with Gasteiger partial charge in [0.2, 0.25) is 0 Å². The number of anilines is 1. The first kappa shape index (κ1) is 14.1. The van der Waals surface area contributed by atoms with Crippen molar-refractivity contribution in [3.63, 3.8) is 0 Å². The quantitative estimate of drug-likeness (QED) is 0.748. The van der Waals surface area contributed by atoms with Gasteiger partial charge in [-0.3, -0.25) is 0 Å². The van der Waals surface area contributed by atoms with Gasteiger partial charge in [-0.15, -0.1) is 0 Å². The molecule has 21 heavy (non-hydrogen) atoms. The molecule has 2 amide bonds. The molecule has 2 saturated heterocycles. The number of aliphatic hydroxyl groups is 1. The number of benzene rings is 1. The Labute approximate surface area is 122 Å². The molecule has 1 aromatic rings. The summed E-state index contributed by atoms with van der Waals surface area (Å²) in [5.74, 6) is 0.723. The number of ether oxygens (including phenoxy) is 3. The first-order chi connectivity index (χ1) is 10.2. The molecule has 7 heteroatoms. The number of amides is 2. The number of hydrogen-bond donors (Lipinski definition) is 3. The van der Waals surface area contributed by atoms with Crippen LogP contribution in [0.1, 0.15) is 0 Å². The van der Waals surface area contributed by atoms with Gasteiger partial charge in [-0.2, -0.15) is 0 Å². The fourth-order valence-corrected chi connectivity index (χ4v) is 2.61. The van der Waals surface area contributed by atoms with Crippen molar-refractivity contribution in [1.29, 1.82) is 0 Å². The molecule has 0 saturated carbocycles. The first-order valence-electron chi connectivity index (χ1n) is 6.80. The lowest BCUT2D eigenvalue weighted by molar-refractivity contribution is 0.0180. The van der Waals surface area contributed by atoms with Gasteiger partial charge >= 0.3 is 6.03 Å². The van der Waals surface area contributed by atoms with Gasteiger partial charge < -0.3 is 30.0 Å². The SMILES string of the molecule is COc1ccc(NC(=O)N[C@@H]2CO[C@@H]3[C@@H]2OC[C@H]3O)cc1. The van der Waals surface area contributed by atoms with Crippen molar-refractivity contribution < 1.29 is 24.1 Å². The third kappa shape index (κ3) is 2.94. The second-order valence-corrected chi connectivity index (χ2v) is 5.10. The number of hydrogen-bond acceptors (Lipinski definition) is 5. The molecule has 3 N–H and O–H groups in total. The molecule has 7 nitrogen and oxygen atoms in total. The van der Waals surface area contributed by atoms with Gasteiger partial charge in [-0.25, -0.2) is 4.79 Å². The molecule has 2 aliphatic rings. The molecule has 1 aromatic carbocycles. The largest absolute Gasteiger partial charge is 0.497 e. The number of nitrogens with one attached hydrogen (secondary N) is 2. The fourth-order valence-electron chi connectivity index (χ4n) is 2.61. The minimum atomic E-state index is -0.619. The van der Waals surface area contributed by atoms with E-state index in [0.29, 0.717) is 12.3 Å². The minimum absolute atomic E-state index is 0.244. The summed E-state index contributed by atoms with van der Waals surface area (Å²) in [6, 6.07) is 6.44. The van der Waals surface area contributed by atoms with Crippen LogP contribution in [0.15, 0.2) is 24.3 Å². The molecule has 2 fully saturated rings. The van der Waals surface area contributed by atoms with Gasteiger partial charge in [0, 0.05) is 5.69 Å². The lowest BCUT2D eigenvalue weighted by Gasteiger charge is -2.17. The van der Waals surface area contributed by atoms with Crippen LogP contribution in [0, 0.1) is 0 Å². The fraction of sp³-hybridized carbons (Fsp3) is 0.500. The lowest BCUT2D eigenvalue weighted by Crippen LogP contribution is -2.46. The number of rotatable bonds is 3. The van der Waals surface area contributed by atoms with E-state index in [1.54, 1.807) is 31.4 Å². The number of fused-ring (bicyclic) bond motifs is 1. The average Bonchev–Trinajstić information content (AvgIpc) is 3.04. The van der Waals surface area contributed by atoms with Crippen LogP contribution in [0.25, 0.3) is 0 Å². The van der Waals surface area contributed by atoms with Crippen molar-refractivity contribution in [2.24, 2.45) is 0 Å². The highest BCUT2D eigenvalue weighted by Crippen LogP contribution is 2.27. The Morgan fingerprint density at radius 3 is 2.67 bits per heavy atom. The summed E-state index contributed by atoms with van der Waals surface area (Å²) in [6.07, 6.45) is -1.26. The molecule has 0 spiro atoms. The van der Waals surface area contributed by atoms with E-state index >= 15 is 0 Å². The van der Waals surface area contributed by atoms with Gasteiger partial charge in [0.05, 0.1) is 26.4 Å². The molecule has 4 atom stereocenters. The van der Waals surface area contributed by atoms with E-state index in [9.17, 15) is 9.90 Å². The third-order valence-electron chi connectivity index (χ3n) is 3.69. The molecular weight excluding hydrogens is 276 g/mol. The van der Waals surface area contributed by atoms with Crippen LogP contribution < -0.4 is 15.4 Å². The summed E-state index contributed by atoms with van der Waals surface area (Å²) in [5, 5.41) is 15.2. The molecule has 2 aliphatic heterocycles. The minimum Gasteiger partial charge on any atom is -0.497 e. The Morgan fingerprint density at radius 2 is 1.95 bits per heavy atom. The highest BCUT2D eigenvalue weighted by atomic mass is 16.6. The number of carbonyl (C=O) groups excluding carboxylic acids is 1. The van der Waals surface area contributed by atoms with E-state index < -0.39 is 6.10 Å². The normalized spacial score (nSPS) is 30.8. The Kier molecular flexibility index (Phi) is 3.96. The second kappa shape index (κ2) is 5.88. The summed E-state index contributed by atoms with van der Waals surface area (Å²) >= 11 is 0. The van der Waals surface area contributed by atoms with E-state index in [1.807, 2.05) is 0 Å². The van der Waals surface area contributed by atoms with Crippen LogP contribution >= 0.6 is 0 Å². The molecule has 3 rings (SSSR count). The van der Waals surface area contributed by atoms with E-state index in [-0.39, 0.29) is 30.9 Å². The van der Waals surface area contributed by atoms with Gasteiger partial charge in [0.25, 0.3) is 0 Å². The number of methoxy groups -OCH3 is 1. The lowest BCUT2D eigenvalue weighted by atomic mass is 10.1. The molecule has 0 aromatic heterocycles. The van der Waals surface area contributed by atoms with E-state index in [0.717, 1.165) is 5.75 Å². The summed E-state index contributed by atoms with van der Waals surface area (Å²) in [7, 11) is 1.58. The highest BCUT2D eigenvalue weighted by molar-refractivity contribution is 5.89. The molecule has 114 valence electrons. The molecular formula is C14H18N2O5. The zero-order valence-electron chi connectivity index (χ0n) is 11.6. The van der Waals surface area contributed by atoms with Crippen molar-refractivity contribution in [3.8, 4) is 5.75 Å². The molecule has 2 heterocycles. The summed E-state index contributed by atoms with van der Waals surface area (Å²) < 4.78 is 16.0. The Morgan fingerprint density at radius 1 is 1.24 bits per heavy atom. The Bertz CT molecular complexity index is 507. The van der Waals surface area contributed by atoms with Crippen LogP contribution in [-0.4, -0.2) is 55.8 Å². The van der Waals surface area contributed by atoms with E-state index in [2.05, 4.69) is 10.6 Å². The van der Waals surface area contributed by atoms with Crippen LogP contribution in [0.3, 0.4) is 0 Å². The van der Waals surface area contributed by atoms with E-state index in [4.69, 9.17) is 14.2 Å². The second-order valence-electron chi connectivity index (χ2n) is 5.10.